The van der Waals surface area contributed by atoms with E-state index in [0.717, 1.165) is 12.8 Å². The van der Waals surface area contributed by atoms with E-state index in [-0.39, 0.29) is 17.4 Å². The van der Waals surface area contributed by atoms with Gasteiger partial charge in [-0.2, -0.15) is 5.10 Å². The van der Waals surface area contributed by atoms with Gasteiger partial charge in [0.1, 0.15) is 17.3 Å². The number of carbonyl (C=O) groups is 1. The van der Waals surface area contributed by atoms with Crippen LogP contribution < -0.4 is 0 Å². The van der Waals surface area contributed by atoms with Crippen molar-refractivity contribution in [2.45, 2.75) is 25.7 Å². The van der Waals surface area contributed by atoms with Crippen LogP contribution in [0.5, 0.6) is 0 Å². The number of amides is 1. The van der Waals surface area contributed by atoms with Crippen LogP contribution in [-0.2, 0) is 13.5 Å². The predicted octanol–water partition coefficient (Wildman–Crippen LogP) is 3.18. The van der Waals surface area contributed by atoms with Crippen molar-refractivity contribution in [3.8, 4) is 0 Å². The summed E-state index contributed by atoms with van der Waals surface area (Å²) in [7, 11) is 1.75. The topological polar surface area (TPSA) is 38.1 Å². The highest BCUT2D eigenvalue weighted by Crippen LogP contribution is 2.24. The van der Waals surface area contributed by atoms with Crippen LogP contribution in [0.4, 0.5) is 8.78 Å². The third-order valence-electron chi connectivity index (χ3n) is 4.71. The summed E-state index contributed by atoms with van der Waals surface area (Å²) in [6, 6.07) is 5.67. The van der Waals surface area contributed by atoms with Gasteiger partial charge in [0, 0.05) is 31.9 Å². The van der Waals surface area contributed by atoms with Crippen LogP contribution in [0.25, 0.3) is 0 Å². The Morgan fingerprint density at radius 2 is 2.04 bits per heavy atom. The molecule has 0 saturated carbocycles. The molecule has 0 spiro atoms. The normalized spacial score (nSPS) is 18.0. The minimum atomic E-state index is -0.492. The zero-order valence-electron chi connectivity index (χ0n) is 13.7. The highest BCUT2D eigenvalue weighted by Gasteiger charge is 2.26. The lowest BCUT2D eigenvalue weighted by atomic mass is 9.91. The molecule has 1 saturated heterocycles. The maximum Gasteiger partial charge on any atom is 0.272 e. The Hall–Kier alpha value is -2.24. The Kier molecular flexibility index (Phi) is 4.92. The van der Waals surface area contributed by atoms with Gasteiger partial charge >= 0.3 is 0 Å². The quantitative estimate of drug-likeness (QED) is 0.862. The SMILES string of the molecule is Cn1nccc1C(=O)N1CCC[C@H](CCc2c(F)cccc2F)C1. The van der Waals surface area contributed by atoms with Crippen LogP contribution >= 0.6 is 0 Å². The highest BCUT2D eigenvalue weighted by molar-refractivity contribution is 5.92. The fourth-order valence-electron chi connectivity index (χ4n) is 3.35. The van der Waals surface area contributed by atoms with E-state index in [1.165, 1.54) is 18.2 Å². The number of rotatable bonds is 4. The Bertz CT molecular complexity index is 709. The predicted molar refractivity (Wildman–Crippen MR) is 86.5 cm³/mol. The minimum Gasteiger partial charge on any atom is -0.337 e. The Balaban J connectivity index is 1.62. The number of nitrogens with zero attached hydrogens (tertiary/aromatic N) is 3. The number of aromatic nitrogens is 2. The molecule has 0 N–H and O–H groups in total. The summed E-state index contributed by atoms with van der Waals surface area (Å²) in [6.07, 6.45) is 4.53. The number of halogens is 2. The Morgan fingerprint density at radius 3 is 2.71 bits per heavy atom. The van der Waals surface area contributed by atoms with Crippen molar-refractivity contribution in [1.82, 2.24) is 14.7 Å². The second-order valence-electron chi connectivity index (χ2n) is 6.34. The zero-order valence-corrected chi connectivity index (χ0v) is 13.7. The van der Waals surface area contributed by atoms with Crippen LogP contribution in [-0.4, -0.2) is 33.7 Å². The van der Waals surface area contributed by atoms with Gasteiger partial charge in [-0.25, -0.2) is 8.78 Å². The molecule has 1 atom stereocenters. The molecule has 3 rings (SSSR count). The van der Waals surface area contributed by atoms with Crippen LogP contribution in [0.2, 0.25) is 0 Å². The molecule has 1 aliphatic heterocycles. The first kappa shape index (κ1) is 16.6. The van der Waals surface area contributed by atoms with E-state index in [1.54, 1.807) is 24.0 Å². The summed E-state index contributed by atoms with van der Waals surface area (Å²) in [5.41, 5.74) is 0.711. The Labute approximate surface area is 140 Å². The number of aryl methyl sites for hydroxylation is 1. The monoisotopic (exact) mass is 333 g/mol. The summed E-state index contributed by atoms with van der Waals surface area (Å²) in [5, 5.41) is 4.03. The molecule has 4 nitrogen and oxygen atoms in total. The molecule has 1 aromatic carbocycles. The molecule has 6 heteroatoms. The van der Waals surface area contributed by atoms with Crippen LogP contribution in [0.15, 0.2) is 30.5 Å². The third-order valence-corrected chi connectivity index (χ3v) is 4.71. The van der Waals surface area contributed by atoms with E-state index in [2.05, 4.69) is 5.10 Å². The molecule has 1 aliphatic rings. The summed E-state index contributed by atoms with van der Waals surface area (Å²) in [4.78, 5) is 14.4. The van der Waals surface area contributed by atoms with Crippen molar-refractivity contribution >= 4 is 5.91 Å². The average Bonchev–Trinajstić information content (AvgIpc) is 3.00. The van der Waals surface area contributed by atoms with Gasteiger partial charge in [0.2, 0.25) is 0 Å². The molecule has 0 bridgehead atoms. The van der Waals surface area contributed by atoms with Crippen LogP contribution in [0.3, 0.4) is 0 Å². The smallest absolute Gasteiger partial charge is 0.272 e. The molecule has 128 valence electrons. The van der Waals surface area contributed by atoms with Crippen molar-refractivity contribution in [3.05, 3.63) is 53.4 Å². The first-order chi connectivity index (χ1) is 11.6. The number of hydrogen-bond donors (Lipinski definition) is 0. The molecule has 0 radical (unpaired) electrons. The standard InChI is InChI=1S/C18H21F2N3O/c1-22-17(9-10-21-22)18(24)23-11-3-4-13(12-23)7-8-14-15(19)5-2-6-16(14)20/h2,5-6,9-10,13H,3-4,7-8,11-12H2,1H3/t13-/m1/s1. The molecule has 0 unspecified atom stereocenters. The molecule has 1 fully saturated rings. The summed E-state index contributed by atoms with van der Waals surface area (Å²) < 4.78 is 29.0. The number of piperidine rings is 1. The number of hydrogen-bond acceptors (Lipinski definition) is 2. The molecular weight excluding hydrogens is 312 g/mol. The Morgan fingerprint density at radius 1 is 1.29 bits per heavy atom. The number of likely N-dealkylation sites (tertiary alicyclic amines) is 1. The van der Waals surface area contributed by atoms with E-state index in [1.807, 2.05) is 4.90 Å². The lowest BCUT2D eigenvalue weighted by molar-refractivity contribution is 0.0657. The van der Waals surface area contributed by atoms with Gasteiger partial charge in [-0.05, 0) is 49.8 Å². The van der Waals surface area contributed by atoms with E-state index in [9.17, 15) is 13.6 Å². The molecule has 2 heterocycles. The van der Waals surface area contributed by atoms with Crippen molar-refractivity contribution in [3.63, 3.8) is 0 Å². The second kappa shape index (κ2) is 7.11. The summed E-state index contributed by atoms with van der Waals surface area (Å²) >= 11 is 0. The lowest BCUT2D eigenvalue weighted by Gasteiger charge is -2.32. The molecular formula is C18H21F2N3O. The summed E-state index contributed by atoms with van der Waals surface area (Å²) in [5.74, 6) is -0.756. The van der Waals surface area contributed by atoms with Gasteiger partial charge in [-0.1, -0.05) is 6.07 Å². The molecule has 1 amide bonds. The fraction of sp³-hybridized carbons (Fsp3) is 0.444. The first-order valence-corrected chi connectivity index (χ1v) is 8.26. The number of benzene rings is 1. The van der Waals surface area contributed by atoms with E-state index < -0.39 is 11.6 Å². The minimum absolute atomic E-state index is 0.0308. The first-order valence-electron chi connectivity index (χ1n) is 8.26. The van der Waals surface area contributed by atoms with Gasteiger partial charge in [-0.15, -0.1) is 0 Å². The molecule has 0 aliphatic carbocycles. The van der Waals surface area contributed by atoms with Crippen molar-refractivity contribution < 1.29 is 13.6 Å². The lowest BCUT2D eigenvalue weighted by Crippen LogP contribution is -2.40. The van der Waals surface area contributed by atoms with Gasteiger partial charge in [-0.3, -0.25) is 9.48 Å². The van der Waals surface area contributed by atoms with Crippen LogP contribution in [0, 0.1) is 17.6 Å². The average molecular weight is 333 g/mol. The van der Waals surface area contributed by atoms with Gasteiger partial charge in [0.05, 0.1) is 0 Å². The largest absolute Gasteiger partial charge is 0.337 e. The van der Waals surface area contributed by atoms with Crippen molar-refractivity contribution in [2.24, 2.45) is 13.0 Å². The van der Waals surface area contributed by atoms with Gasteiger partial charge in [0.15, 0.2) is 0 Å². The maximum atomic E-state index is 13.7. The fourth-order valence-corrected chi connectivity index (χ4v) is 3.35. The molecule has 2 aromatic rings. The number of carbonyl (C=O) groups excluding carboxylic acids is 1. The van der Waals surface area contributed by atoms with Gasteiger partial charge < -0.3 is 4.90 Å². The molecule has 24 heavy (non-hydrogen) atoms. The van der Waals surface area contributed by atoms with E-state index in [4.69, 9.17) is 0 Å². The molecule has 1 aromatic heterocycles. The maximum absolute atomic E-state index is 13.7. The second-order valence-corrected chi connectivity index (χ2v) is 6.34. The van der Waals surface area contributed by atoms with Crippen molar-refractivity contribution in [2.75, 3.05) is 13.1 Å². The third kappa shape index (κ3) is 3.47. The highest BCUT2D eigenvalue weighted by atomic mass is 19.1. The van der Waals surface area contributed by atoms with Crippen LogP contribution in [0.1, 0.15) is 35.3 Å². The van der Waals surface area contributed by atoms with E-state index in [0.29, 0.717) is 31.6 Å². The van der Waals surface area contributed by atoms with E-state index >= 15 is 0 Å². The zero-order chi connectivity index (χ0) is 17.1. The van der Waals surface area contributed by atoms with Crippen molar-refractivity contribution in [1.29, 1.82) is 0 Å². The summed E-state index contributed by atoms with van der Waals surface area (Å²) in [6.45, 7) is 1.34. The van der Waals surface area contributed by atoms with Gasteiger partial charge in [0.25, 0.3) is 5.91 Å².